The van der Waals surface area contributed by atoms with Crippen LogP contribution in [0.3, 0.4) is 0 Å². The number of hydrogen-bond acceptors (Lipinski definition) is 3. The number of rotatable bonds is 5. The molecule has 1 heterocycles. The lowest BCUT2D eigenvalue weighted by Gasteiger charge is -2.23. The third kappa shape index (κ3) is 4.62. The maximum absolute atomic E-state index is 11.6. The smallest absolute Gasteiger partial charge is 0.237 e. The van der Waals surface area contributed by atoms with E-state index < -0.39 is 6.10 Å². The van der Waals surface area contributed by atoms with Gasteiger partial charge in [-0.1, -0.05) is 19.8 Å². The Hall–Kier alpha value is -0.610. The van der Waals surface area contributed by atoms with Crippen LogP contribution in [0.5, 0.6) is 0 Å². The molecule has 0 radical (unpaired) electrons. The molecule has 2 atom stereocenters. The average Bonchev–Trinajstić information content (AvgIpc) is 2.27. The molecule has 88 valence electrons. The lowest BCUT2D eigenvalue weighted by atomic mass is 10.0. The Kier molecular flexibility index (Phi) is 5.65. The number of carbonyl (C=O) groups excluding carboxylic acids is 1. The van der Waals surface area contributed by atoms with E-state index in [1.807, 2.05) is 6.92 Å². The summed E-state index contributed by atoms with van der Waals surface area (Å²) in [6.45, 7) is 3.33. The first-order chi connectivity index (χ1) is 7.24. The predicted octanol–water partition coefficient (Wildman–Crippen LogP) is 0.406. The molecule has 0 saturated carbocycles. The summed E-state index contributed by atoms with van der Waals surface area (Å²) in [4.78, 5) is 11.6. The average molecular weight is 214 g/mol. The molecule has 0 aromatic carbocycles. The van der Waals surface area contributed by atoms with E-state index in [0.717, 1.165) is 38.6 Å². The second-order valence-corrected chi connectivity index (χ2v) is 4.19. The third-order valence-electron chi connectivity index (χ3n) is 2.76. The topological polar surface area (TPSA) is 61.4 Å². The molecule has 1 saturated heterocycles. The lowest BCUT2D eigenvalue weighted by molar-refractivity contribution is -0.124. The van der Waals surface area contributed by atoms with Gasteiger partial charge in [0.2, 0.25) is 5.91 Å². The molecule has 1 aliphatic heterocycles. The Morgan fingerprint density at radius 3 is 3.00 bits per heavy atom. The molecule has 3 N–H and O–H groups in total. The molecule has 4 nitrogen and oxygen atoms in total. The van der Waals surface area contributed by atoms with Crippen LogP contribution >= 0.6 is 0 Å². The quantitative estimate of drug-likeness (QED) is 0.621. The standard InChI is InChI=1S/C11H22N2O2/c1-2-5-9(14)8-13-11(15)10-6-3-4-7-12-10/h9-10,12,14H,2-8H2,1H3,(H,13,15)/t9?,10-/m1/s1. The number of hydrogen-bond donors (Lipinski definition) is 3. The monoisotopic (exact) mass is 214 g/mol. The second-order valence-electron chi connectivity index (χ2n) is 4.19. The number of aliphatic hydroxyl groups is 1. The summed E-state index contributed by atoms with van der Waals surface area (Å²) >= 11 is 0. The normalized spacial score (nSPS) is 23.5. The van der Waals surface area contributed by atoms with Crippen molar-refractivity contribution in [3.63, 3.8) is 0 Å². The van der Waals surface area contributed by atoms with Crippen LogP contribution in [0.4, 0.5) is 0 Å². The number of nitrogens with one attached hydrogen (secondary N) is 2. The van der Waals surface area contributed by atoms with Crippen LogP contribution in [-0.2, 0) is 4.79 Å². The van der Waals surface area contributed by atoms with Crippen molar-refractivity contribution in [3.8, 4) is 0 Å². The fourth-order valence-corrected chi connectivity index (χ4v) is 1.85. The zero-order valence-electron chi connectivity index (χ0n) is 9.46. The number of aliphatic hydroxyl groups excluding tert-OH is 1. The molecule has 0 aromatic heterocycles. The van der Waals surface area contributed by atoms with Crippen LogP contribution in [0, 0.1) is 0 Å². The molecule has 0 bridgehead atoms. The highest BCUT2D eigenvalue weighted by molar-refractivity contribution is 5.81. The first-order valence-electron chi connectivity index (χ1n) is 5.93. The number of carbonyl (C=O) groups is 1. The second kappa shape index (κ2) is 6.80. The maximum atomic E-state index is 11.6. The summed E-state index contributed by atoms with van der Waals surface area (Å²) in [5, 5.41) is 15.4. The molecular formula is C11H22N2O2. The molecule has 0 spiro atoms. The Morgan fingerprint density at radius 1 is 1.60 bits per heavy atom. The van der Waals surface area contributed by atoms with Crippen LogP contribution in [0.15, 0.2) is 0 Å². The molecule has 1 fully saturated rings. The van der Waals surface area contributed by atoms with E-state index >= 15 is 0 Å². The van der Waals surface area contributed by atoms with Gasteiger partial charge in [0.05, 0.1) is 12.1 Å². The van der Waals surface area contributed by atoms with Crippen molar-refractivity contribution in [2.45, 2.75) is 51.2 Å². The minimum absolute atomic E-state index is 0.0323. The fraction of sp³-hybridized carbons (Fsp3) is 0.909. The van der Waals surface area contributed by atoms with Crippen LogP contribution in [0.1, 0.15) is 39.0 Å². The van der Waals surface area contributed by atoms with Gasteiger partial charge in [-0.25, -0.2) is 0 Å². The van der Waals surface area contributed by atoms with E-state index in [9.17, 15) is 9.90 Å². The first-order valence-corrected chi connectivity index (χ1v) is 5.93. The van der Waals surface area contributed by atoms with Gasteiger partial charge in [0.15, 0.2) is 0 Å². The van der Waals surface area contributed by atoms with Gasteiger partial charge in [0.1, 0.15) is 0 Å². The number of amides is 1. The van der Waals surface area contributed by atoms with Gasteiger partial charge in [-0.3, -0.25) is 4.79 Å². The highest BCUT2D eigenvalue weighted by Crippen LogP contribution is 2.06. The SMILES string of the molecule is CCCC(O)CNC(=O)[C@H]1CCCCN1. The molecule has 0 aromatic rings. The summed E-state index contributed by atoms with van der Waals surface area (Å²) in [7, 11) is 0. The largest absolute Gasteiger partial charge is 0.391 e. The van der Waals surface area contributed by atoms with Crippen LogP contribution in [0.2, 0.25) is 0 Å². The highest BCUT2D eigenvalue weighted by atomic mass is 16.3. The van der Waals surface area contributed by atoms with Crippen molar-refractivity contribution < 1.29 is 9.90 Å². The minimum Gasteiger partial charge on any atom is -0.391 e. The van der Waals surface area contributed by atoms with E-state index in [4.69, 9.17) is 0 Å². The Balaban J connectivity index is 2.16. The number of piperidine rings is 1. The van der Waals surface area contributed by atoms with Gasteiger partial charge in [0, 0.05) is 6.54 Å². The third-order valence-corrected chi connectivity index (χ3v) is 2.76. The summed E-state index contributed by atoms with van der Waals surface area (Å²) in [5.74, 6) is 0.0323. The molecule has 15 heavy (non-hydrogen) atoms. The van der Waals surface area contributed by atoms with E-state index in [1.165, 1.54) is 0 Å². The molecule has 1 unspecified atom stereocenters. The Morgan fingerprint density at radius 2 is 2.40 bits per heavy atom. The Bertz CT molecular complexity index is 191. The van der Waals surface area contributed by atoms with Crippen LogP contribution < -0.4 is 10.6 Å². The maximum Gasteiger partial charge on any atom is 0.237 e. The Labute approximate surface area is 91.4 Å². The fourth-order valence-electron chi connectivity index (χ4n) is 1.85. The van der Waals surface area contributed by atoms with Gasteiger partial charge in [-0.05, 0) is 25.8 Å². The highest BCUT2D eigenvalue weighted by Gasteiger charge is 2.20. The molecule has 4 heteroatoms. The van der Waals surface area contributed by atoms with E-state index in [-0.39, 0.29) is 11.9 Å². The van der Waals surface area contributed by atoms with Crippen LogP contribution in [-0.4, -0.2) is 36.2 Å². The molecule has 0 aliphatic carbocycles. The lowest BCUT2D eigenvalue weighted by Crippen LogP contribution is -2.48. The van der Waals surface area contributed by atoms with Crippen molar-refractivity contribution in [1.82, 2.24) is 10.6 Å². The van der Waals surface area contributed by atoms with Gasteiger partial charge >= 0.3 is 0 Å². The van der Waals surface area contributed by atoms with Gasteiger partial charge in [0.25, 0.3) is 0 Å². The van der Waals surface area contributed by atoms with Crippen molar-refractivity contribution in [2.24, 2.45) is 0 Å². The summed E-state index contributed by atoms with van der Waals surface area (Å²) in [6.07, 6.45) is 4.47. The van der Waals surface area contributed by atoms with E-state index in [1.54, 1.807) is 0 Å². The molecule has 1 aliphatic rings. The zero-order valence-corrected chi connectivity index (χ0v) is 9.46. The van der Waals surface area contributed by atoms with Gasteiger partial charge in [-0.2, -0.15) is 0 Å². The summed E-state index contributed by atoms with van der Waals surface area (Å²) < 4.78 is 0. The van der Waals surface area contributed by atoms with Crippen molar-refractivity contribution in [3.05, 3.63) is 0 Å². The molecular weight excluding hydrogens is 192 g/mol. The molecule has 1 rings (SSSR count). The van der Waals surface area contributed by atoms with Crippen LogP contribution in [0.25, 0.3) is 0 Å². The molecule has 1 amide bonds. The summed E-state index contributed by atoms with van der Waals surface area (Å²) in [6, 6.07) is -0.0485. The minimum atomic E-state index is -0.400. The summed E-state index contributed by atoms with van der Waals surface area (Å²) in [5.41, 5.74) is 0. The zero-order chi connectivity index (χ0) is 11.1. The predicted molar refractivity (Wildman–Crippen MR) is 59.6 cm³/mol. The van der Waals surface area contributed by atoms with Gasteiger partial charge in [-0.15, -0.1) is 0 Å². The van der Waals surface area contributed by atoms with Crippen molar-refractivity contribution in [2.75, 3.05) is 13.1 Å². The van der Waals surface area contributed by atoms with E-state index in [2.05, 4.69) is 10.6 Å². The van der Waals surface area contributed by atoms with Crippen molar-refractivity contribution in [1.29, 1.82) is 0 Å². The van der Waals surface area contributed by atoms with Gasteiger partial charge < -0.3 is 15.7 Å². The van der Waals surface area contributed by atoms with E-state index in [0.29, 0.717) is 6.54 Å². The van der Waals surface area contributed by atoms with Crippen molar-refractivity contribution >= 4 is 5.91 Å². The first kappa shape index (κ1) is 12.5.